The maximum atomic E-state index is 11.1. The maximum absolute atomic E-state index is 11.1. The van der Waals surface area contributed by atoms with E-state index < -0.39 is 5.60 Å². The first-order valence-corrected chi connectivity index (χ1v) is 10.5. The van der Waals surface area contributed by atoms with Gasteiger partial charge in [0, 0.05) is 18.8 Å². The number of hydrogen-bond acceptors (Lipinski definition) is 7. The SMILES string of the molecule is Cc1cccc(Nc2ncnc3cnc(N4CCC(O)(c5ccccc5)CC4)nc23)c1. The van der Waals surface area contributed by atoms with Crippen LogP contribution in [0.3, 0.4) is 0 Å². The topological polar surface area (TPSA) is 87.1 Å². The molecule has 7 heteroatoms. The lowest BCUT2D eigenvalue weighted by atomic mass is 9.84. The van der Waals surface area contributed by atoms with Crippen LogP contribution >= 0.6 is 0 Å². The lowest BCUT2D eigenvalue weighted by molar-refractivity contribution is 0.0115. The van der Waals surface area contributed by atoms with Crippen molar-refractivity contribution in [1.82, 2.24) is 19.9 Å². The first-order valence-electron chi connectivity index (χ1n) is 10.5. The Bertz CT molecular complexity index is 1210. The molecular weight excluding hydrogens is 388 g/mol. The van der Waals surface area contributed by atoms with E-state index in [1.807, 2.05) is 42.5 Å². The number of nitrogens with one attached hydrogen (secondary N) is 1. The molecule has 2 N–H and O–H groups in total. The Labute approximate surface area is 180 Å². The van der Waals surface area contributed by atoms with Gasteiger partial charge in [0.1, 0.15) is 17.4 Å². The zero-order chi connectivity index (χ0) is 21.3. The number of hydrogen-bond donors (Lipinski definition) is 2. The van der Waals surface area contributed by atoms with Gasteiger partial charge < -0.3 is 15.3 Å². The van der Waals surface area contributed by atoms with E-state index in [0.29, 0.717) is 48.7 Å². The lowest BCUT2D eigenvalue weighted by Crippen LogP contribution is -2.43. The Hall–Kier alpha value is -3.58. The molecule has 1 fully saturated rings. The molecule has 2 aromatic carbocycles. The Balaban J connectivity index is 1.40. The quantitative estimate of drug-likeness (QED) is 0.525. The van der Waals surface area contributed by atoms with E-state index in [1.54, 1.807) is 6.20 Å². The summed E-state index contributed by atoms with van der Waals surface area (Å²) in [5.41, 5.74) is 3.64. The monoisotopic (exact) mass is 412 g/mol. The molecule has 2 aromatic heterocycles. The van der Waals surface area contributed by atoms with Gasteiger partial charge in [-0.1, -0.05) is 42.5 Å². The summed E-state index contributed by atoms with van der Waals surface area (Å²) in [7, 11) is 0. The molecule has 156 valence electrons. The molecule has 0 saturated carbocycles. The Morgan fingerprint density at radius 3 is 2.55 bits per heavy atom. The largest absolute Gasteiger partial charge is 0.385 e. The number of nitrogens with zero attached hydrogens (tertiary/aromatic N) is 5. The molecule has 1 aliphatic heterocycles. The zero-order valence-corrected chi connectivity index (χ0v) is 17.4. The zero-order valence-electron chi connectivity index (χ0n) is 17.4. The highest BCUT2D eigenvalue weighted by molar-refractivity contribution is 5.87. The van der Waals surface area contributed by atoms with E-state index in [1.165, 1.54) is 6.33 Å². The number of piperidine rings is 1. The summed E-state index contributed by atoms with van der Waals surface area (Å²) in [5.74, 6) is 1.28. The molecule has 0 spiro atoms. The number of aromatic nitrogens is 4. The predicted octanol–water partition coefficient (Wildman–Crippen LogP) is 3.96. The summed E-state index contributed by atoms with van der Waals surface area (Å²) in [6, 6.07) is 18.0. The molecule has 0 amide bonds. The minimum absolute atomic E-state index is 0.623. The van der Waals surface area contributed by atoms with Crippen LogP contribution in [0.25, 0.3) is 11.0 Å². The Morgan fingerprint density at radius 1 is 0.968 bits per heavy atom. The minimum Gasteiger partial charge on any atom is -0.385 e. The van der Waals surface area contributed by atoms with Crippen molar-refractivity contribution in [2.45, 2.75) is 25.4 Å². The van der Waals surface area contributed by atoms with Gasteiger partial charge in [-0.05, 0) is 43.0 Å². The molecule has 0 bridgehead atoms. The summed E-state index contributed by atoms with van der Waals surface area (Å²) < 4.78 is 0. The highest BCUT2D eigenvalue weighted by Gasteiger charge is 2.34. The Kier molecular flexibility index (Phi) is 4.95. The van der Waals surface area contributed by atoms with Crippen LogP contribution in [0.15, 0.2) is 67.1 Å². The number of benzene rings is 2. The third kappa shape index (κ3) is 3.92. The van der Waals surface area contributed by atoms with E-state index in [9.17, 15) is 5.11 Å². The normalized spacial score (nSPS) is 15.7. The second-order valence-corrected chi connectivity index (χ2v) is 8.01. The van der Waals surface area contributed by atoms with Crippen LogP contribution in [0.2, 0.25) is 0 Å². The fraction of sp³-hybridized carbons (Fsp3) is 0.250. The van der Waals surface area contributed by atoms with Crippen molar-refractivity contribution in [2.75, 3.05) is 23.3 Å². The predicted molar refractivity (Wildman–Crippen MR) is 121 cm³/mol. The van der Waals surface area contributed by atoms with Crippen LogP contribution in [0.1, 0.15) is 24.0 Å². The first-order chi connectivity index (χ1) is 15.1. The fourth-order valence-electron chi connectivity index (χ4n) is 4.06. The van der Waals surface area contributed by atoms with Gasteiger partial charge in [0.25, 0.3) is 0 Å². The van der Waals surface area contributed by atoms with Crippen molar-refractivity contribution in [3.63, 3.8) is 0 Å². The smallest absolute Gasteiger partial charge is 0.226 e. The van der Waals surface area contributed by atoms with Crippen LogP contribution in [-0.2, 0) is 5.60 Å². The van der Waals surface area contributed by atoms with E-state index in [0.717, 1.165) is 16.8 Å². The van der Waals surface area contributed by atoms with Crippen LogP contribution in [-0.4, -0.2) is 38.1 Å². The second kappa shape index (κ2) is 7.92. The van der Waals surface area contributed by atoms with Gasteiger partial charge >= 0.3 is 0 Å². The van der Waals surface area contributed by atoms with Gasteiger partial charge in [-0.25, -0.2) is 19.9 Å². The van der Waals surface area contributed by atoms with Gasteiger partial charge in [0.2, 0.25) is 5.95 Å². The fourth-order valence-corrected chi connectivity index (χ4v) is 4.06. The summed E-state index contributed by atoms with van der Waals surface area (Å²) >= 11 is 0. The number of aryl methyl sites for hydroxylation is 1. The van der Waals surface area contributed by atoms with Gasteiger partial charge in [-0.2, -0.15) is 0 Å². The van der Waals surface area contributed by atoms with Crippen LogP contribution in [0, 0.1) is 6.92 Å². The summed E-state index contributed by atoms with van der Waals surface area (Å²) in [6.45, 7) is 3.40. The van der Waals surface area contributed by atoms with Crippen molar-refractivity contribution < 1.29 is 5.11 Å². The molecular formula is C24H24N6O. The molecule has 0 aliphatic carbocycles. The second-order valence-electron chi connectivity index (χ2n) is 8.01. The summed E-state index contributed by atoms with van der Waals surface area (Å²) in [6.07, 6.45) is 4.50. The molecule has 7 nitrogen and oxygen atoms in total. The van der Waals surface area contributed by atoms with Gasteiger partial charge in [0.05, 0.1) is 11.8 Å². The molecule has 1 aliphatic rings. The highest BCUT2D eigenvalue weighted by atomic mass is 16.3. The minimum atomic E-state index is -0.810. The van der Waals surface area contributed by atoms with Crippen LogP contribution < -0.4 is 10.2 Å². The van der Waals surface area contributed by atoms with Gasteiger partial charge in [-0.15, -0.1) is 0 Å². The standard InChI is InChI=1S/C24H24N6O/c1-17-6-5-9-19(14-17)28-22-21-20(26-16-27-22)15-25-23(29-21)30-12-10-24(31,11-13-30)18-7-3-2-4-8-18/h2-9,14-16,31H,10-13H2,1H3,(H,26,27,28). The molecule has 31 heavy (non-hydrogen) atoms. The van der Waals surface area contributed by atoms with Crippen molar-refractivity contribution in [3.05, 3.63) is 78.2 Å². The average Bonchev–Trinajstić information content (AvgIpc) is 2.80. The Morgan fingerprint density at radius 2 is 1.77 bits per heavy atom. The van der Waals surface area contributed by atoms with Gasteiger partial charge in [0.15, 0.2) is 5.82 Å². The molecule has 0 atom stereocenters. The van der Waals surface area contributed by atoms with Crippen molar-refractivity contribution in [3.8, 4) is 0 Å². The third-order valence-electron chi connectivity index (χ3n) is 5.83. The number of fused-ring (bicyclic) bond motifs is 1. The van der Waals surface area contributed by atoms with Crippen molar-refractivity contribution >= 4 is 28.5 Å². The molecule has 4 aromatic rings. The average molecular weight is 412 g/mol. The van der Waals surface area contributed by atoms with E-state index in [2.05, 4.69) is 44.2 Å². The van der Waals surface area contributed by atoms with Crippen molar-refractivity contribution in [1.29, 1.82) is 0 Å². The lowest BCUT2D eigenvalue weighted by Gasteiger charge is -2.38. The molecule has 5 rings (SSSR count). The molecule has 0 radical (unpaired) electrons. The maximum Gasteiger partial charge on any atom is 0.226 e. The summed E-state index contributed by atoms with van der Waals surface area (Å²) in [4.78, 5) is 20.1. The molecule has 3 heterocycles. The number of aliphatic hydroxyl groups is 1. The highest BCUT2D eigenvalue weighted by Crippen LogP contribution is 2.34. The van der Waals surface area contributed by atoms with E-state index >= 15 is 0 Å². The van der Waals surface area contributed by atoms with Crippen molar-refractivity contribution in [2.24, 2.45) is 0 Å². The first kappa shape index (κ1) is 19.4. The third-order valence-corrected chi connectivity index (χ3v) is 5.83. The molecule has 1 saturated heterocycles. The van der Waals surface area contributed by atoms with Gasteiger partial charge in [-0.3, -0.25) is 0 Å². The van der Waals surface area contributed by atoms with Crippen LogP contribution in [0.4, 0.5) is 17.5 Å². The van der Waals surface area contributed by atoms with E-state index in [4.69, 9.17) is 4.98 Å². The van der Waals surface area contributed by atoms with Crippen LogP contribution in [0.5, 0.6) is 0 Å². The number of rotatable bonds is 4. The molecule has 0 unspecified atom stereocenters. The van der Waals surface area contributed by atoms with E-state index in [-0.39, 0.29) is 0 Å². The summed E-state index contributed by atoms with van der Waals surface area (Å²) in [5, 5.41) is 14.5. The number of anilines is 3.